The van der Waals surface area contributed by atoms with Crippen LogP contribution in [0.4, 0.5) is 0 Å². The lowest BCUT2D eigenvalue weighted by Gasteiger charge is -2.32. The fraction of sp³-hybridized carbons (Fsp3) is 0.800. The monoisotopic (exact) mass is 460 g/mol. The third-order valence-corrected chi connectivity index (χ3v) is 6.28. The van der Waals surface area contributed by atoms with Gasteiger partial charge in [-0.05, 0) is 44.1 Å². The summed E-state index contributed by atoms with van der Waals surface area (Å²) in [6.45, 7) is 5.34. The highest BCUT2D eigenvalue weighted by Crippen LogP contribution is 2.22. The van der Waals surface area contributed by atoms with Crippen LogP contribution in [0, 0.1) is 5.92 Å². The molecule has 6 N–H and O–H groups in total. The van der Waals surface area contributed by atoms with Crippen LogP contribution in [0.2, 0.25) is 0 Å². The fourth-order valence-electron chi connectivity index (χ4n) is 3.44. The van der Waals surface area contributed by atoms with Gasteiger partial charge in [0.2, 0.25) is 17.7 Å². The van der Waals surface area contributed by atoms with Gasteiger partial charge in [0.25, 0.3) is 0 Å². The van der Waals surface area contributed by atoms with Crippen molar-refractivity contribution in [3.63, 3.8) is 0 Å². The summed E-state index contributed by atoms with van der Waals surface area (Å²) in [5.74, 6) is -2.25. The highest BCUT2D eigenvalue weighted by Gasteiger charge is 2.40. The maximum atomic E-state index is 13.3. The SMILES string of the molecule is CCC(C)C(NC(=O)C(N)CCSC)C(=O)N1CCCC1C(=O)NC(C(=O)O)C(C)O. The van der Waals surface area contributed by atoms with Crippen molar-refractivity contribution < 1.29 is 29.4 Å². The minimum absolute atomic E-state index is 0.183. The van der Waals surface area contributed by atoms with E-state index in [1.165, 1.54) is 11.8 Å². The van der Waals surface area contributed by atoms with Crippen molar-refractivity contribution in [2.24, 2.45) is 11.7 Å². The Bertz CT molecular complexity index is 647. The van der Waals surface area contributed by atoms with Crippen LogP contribution in [0.5, 0.6) is 0 Å². The number of hydrogen-bond acceptors (Lipinski definition) is 7. The zero-order valence-corrected chi connectivity index (χ0v) is 19.5. The number of aliphatic carboxylic acids is 1. The predicted molar refractivity (Wildman–Crippen MR) is 118 cm³/mol. The lowest BCUT2D eigenvalue weighted by molar-refractivity contribution is -0.147. The van der Waals surface area contributed by atoms with Crippen molar-refractivity contribution >= 4 is 35.5 Å². The summed E-state index contributed by atoms with van der Waals surface area (Å²) < 4.78 is 0. The molecule has 0 aromatic rings. The summed E-state index contributed by atoms with van der Waals surface area (Å²) >= 11 is 1.58. The predicted octanol–water partition coefficient (Wildman–Crippen LogP) is -0.461. The highest BCUT2D eigenvalue weighted by atomic mass is 32.2. The number of carboxylic acid groups (broad SMARTS) is 1. The Labute approximate surface area is 187 Å². The first-order valence-electron chi connectivity index (χ1n) is 10.6. The summed E-state index contributed by atoms with van der Waals surface area (Å²) in [5, 5.41) is 23.9. The lowest BCUT2D eigenvalue weighted by atomic mass is 9.96. The van der Waals surface area contributed by atoms with E-state index in [4.69, 9.17) is 5.73 Å². The van der Waals surface area contributed by atoms with Crippen molar-refractivity contribution in [3.8, 4) is 0 Å². The zero-order valence-electron chi connectivity index (χ0n) is 18.7. The van der Waals surface area contributed by atoms with Gasteiger partial charge in [-0.1, -0.05) is 20.3 Å². The first-order valence-corrected chi connectivity index (χ1v) is 12.0. The fourth-order valence-corrected chi connectivity index (χ4v) is 3.93. The summed E-state index contributed by atoms with van der Waals surface area (Å²) in [7, 11) is 0. The molecule has 1 aliphatic rings. The molecule has 0 aliphatic carbocycles. The molecule has 31 heavy (non-hydrogen) atoms. The molecule has 10 nitrogen and oxygen atoms in total. The largest absolute Gasteiger partial charge is 0.480 e. The van der Waals surface area contributed by atoms with Crippen molar-refractivity contribution in [1.29, 1.82) is 0 Å². The Hall–Kier alpha value is -1.85. The van der Waals surface area contributed by atoms with Gasteiger partial charge in [-0.3, -0.25) is 14.4 Å². The molecule has 3 amide bonds. The Morgan fingerprint density at radius 2 is 1.84 bits per heavy atom. The average Bonchev–Trinajstić information content (AvgIpc) is 3.22. The van der Waals surface area contributed by atoms with Crippen LogP contribution < -0.4 is 16.4 Å². The number of likely N-dealkylation sites (tertiary alicyclic amines) is 1. The Morgan fingerprint density at radius 3 is 2.35 bits per heavy atom. The third-order valence-electron chi connectivity index (χ3n) is 5.63. The van der Waals surface area contributed by atoms with Crippen LogP contribution >= 0.6 is 11.8 Å². The minimum atomic E-state index is -1.47. The van der Waals surface area contributed by atoms with Gasteiger partial charge in [0.1, 0.15) is 12.1 Å². The van der Waals surface area contributed by atoms with E-state index in [0.717, 1.165) is 5.75 Å². The number of nitrogens with one attached hydrogen (secondary N) is 2. The molecule has 1 rings (SSSR count). The maximum absolute atomic E-state index is 13.3. The molecule has 0 aromatic carbocycles. The topological polar surface area (TPSA) is 162 Å². The number of nitrogens with two attached hydrogens (primary N) is 1. The molecular formula is C20H36N4O6S. The van der Waals surface area contributed by atoms with Crippen LogP contribution in [0.3, 0.4) is 0 Å². The van der Waals surface area contributed by atoms with Crippen LogP contribution in [-0.2, 0) is 19.2 Å². The number of rotatable bonds is 12. The molecule has 0 spiro atoms. The van der Waals surface area contributed by atoms with Gasteiger partial charge in [0.15, 0.2) is 6.04 Å². The number of aliphatic hydroxyl groups is 1. The lowest BCUT2D eigenvalue weighted by Crippen LogP contribution is -2.59. The van der Waals surface area contributed by atoms with Gasteiger partial charge in [-0.2, -0.15) is 11.8 Å². The number of carbonyl (C=O) groups excluding carboxylic acids is 3. The van der Waals surface area contributed by atoms with Crippen molar-refractivity contribution in [2.75, 3.05) is 18.6 Å². The first-order chi connectivity index (χ1) is 14.5. The Morgan fingerprint density at radius 1 is 1.19 bits per heavy atom. The van der Waals surface area contributed by atoms with Crippen LogP contribution in [0.15, 0.2) is 0 Å². The molecule has 178 valence electrons. The third kappa shape index (κ3) is 7.65. The van der Waals surface area contributed by atoms with E-state index in [0.29, 0.717) is 32.2 Å². The van der Waals surface area contributed by atoms with E-state index in [1.54, 1.807) is 11.8 Å². The summed E-state index contributed by atoms with van der Waals surface area (Å²) in [6, 6.07) is -3.89. The quantitative estimate of drug-likeness (QED) is 0.261. The molecular weight excluding hydrogens is 424 g/mol. The number of hydrogen-bond donors (Lipinski definition) is 5. The van der Waals surface area contributed by atoms with Crippen molar-refractivity contribution in [1.82, 2.24) is 15.5 Å². The second-order valence-corrected chi connectivity index (χ2v) is 9.00. The van der Waals surface area contributed by atoms with Crippen LogP contribution in [0.1, 0.15) is 46.5 Å². The molecule has 1 heterocycles. The second-order valence-electron chi connectivity index (χ2n) is 8.01. The maximum Gasteiger partial charge on any atom is 0.328 e. The van der Waals surface area contributed by atoms with E-state index in [9.17, 15) is 29.4 Å². The number of carbonyl (C=O) groups is 4. The second kappa shape index (κ2) is 12.9. The molecule has 0 aromatic heterocycles. The molecule has 6 unspecified atom stereocenters. The van der Waals surface area contributed by atoms with E-state index < -0.39 is 48.1 Å². The molecule has 1 fully saturated rings. The number of aliphatic hydroxyl groups excluding tert-OH is 1. The molecule has 11 heteroatoms. The number of amides is 3. The van der Waals surface area contributed by atoms with Gasteiger partial charge < -0.3 is 31.5 Å². The van der Waals surface area contributed by atoms with Crippen LogP contribution in [0.25, 0.3) is 0 Å². The van der Waals surface area contributed by atoms with Gasteiger partial charge >= 0.3 is 5.97 Å². The van der Waals surface area contributed by atoms with E-state index in [2.05, 4.69) is 10.6 Å². The smallest absolute Gasteiger partial charge is 0.328 e. The van der Waals surface area contributed by atoms with E-state index in [1.807, 2.05) is 20.1 Å². The molecule has 0 radical (unpaired) electrons. The Kier molecular flexibility index (Phi) is 11.3. The van der Waals surface area contributed by atoms with Crippen molar-refractivity contribution in [3.05, 3.63) is 0 Å². The van der Waals surface area contributed by atoms with E-state index in [-0.39, 0.29) is 11.8 Å². The standard InChI is InChI=1S/C20H36N4O6S/c1-5-11(2)15(22-17(26)13(21)8-10-31-4)19(28)24-9-6-7-14(24)18(27)23-16(12(3)25)20(29)30/h11-16,25H,5-10,21H2,1-4H3,(H,22,26)(H,23,27)(H,29,30). The summed E-state index contributed by atoms with van der Waals surface area (Å²) in [4.78, 5) is 51.2. The number of nitrogens with zero attached hydrogens (tertiary/aromatic N) is 1. The number of carboxylic acids is 1. The average molecular weight is 461 g/mol. The molecule has 0 saturated carbocycles. The molecule has 0 bridgehead atoms. The summed E-state index contributed by atoms with van der Waals surface area (Å²) in [6.07, 6.45) is 2.69. The van der Waals surface area contributed by atoms with Gasteiger partial charge in [-0.25, -0.2) is 4.79 Å². The van der Waals surface area contributed by atoms with Gasteiger partial charge in [0, 0.05) is 6.54 Å². The van der Waals surface area contributed by atoms with E-state index >= 15 is 0 Å². The van der Waals surface area contributed by atoms with Gasteiger partial charge in [0.05, 0.1) is 12.1 Å². The highest BCUT2D eigenvalue weighted by molar-refractivity contribution is 7.98. The first kappa shape index (κ1) is 27.2. The number of thioether (sulfide) groups is 1. The minimum Gasteiger partial charge on any atom is -0.480 e. The molecule has 6 atom stereocenters. The summed E-state index contributed by atoms with van der Waals surface area (Å²) in [5.41, 5.74) is 5.94. The zero-order chi connectivity index (χ0) is 23.7. The van der Waals surface area contributed by atoms with Crippen molar-refractivity contribution in [2.45, 2.75) is 76.7 Å². The van der Waals surface area contributed by atoms with Crippen LogP contribution in [-0.4, -0.2) is 87.6 Å². The molecule has 1 saturated heterocycles. The van der Waals surface area contributed by atoms with Gasteiger partial charge in [-0.15, -0.1) is 0 Å². The molecule has 1 aliphatic heterocycles. The Balaban J connectivity index is 2.96. The normalized spacial score (nSPS) is 21.0.